The molecule has 24 N–H and O–H groups in total. The van der Waals surface area contributed by atoms with Crippen LogP contribution in [0.4, 0.5) is 0 Å². The molecule has 7 aliphatic heterocycles. The van der Waals surface area contributed by atoms with Gasteiger partial charge in [-0.15, -0.1) is 0 Å². The summed E-state index contributed by atoms with van der Waals surface area (Å²) in [6.45, 7) is -6.58. The summed E-state index contributed by atoms with van der Waals surface area (Å²) in [7, 11) is 0. The van der Waals surface area contributed by atoms with E-state index in [1.54, 1.807) is 0 Å². The number of hydrogen-bond donors (Lipinski definition) is 23. The maximum atomic E-state index is 11.9. The van der Waals surface area contributed by atoms with Gasteiger partial charge in [0.1, 0.15) is 171 Å². The molecule has 0 unspecified atom stereocenters. The van der Waals surface area contributed by atoms with Crippen molar-refractivity contribution in [1.82, 2.24) is 0 Å². The Morgan fingerprint density at radius 3 is 0.939 bits per heavy atom. The minimum Gasteiger partial charge on any atom is -0.394 e. The summed E-state index contributed by atoms with van der Waals surface area (Å²) in [6.07, 6.45) is -67.5. The van der Waals surface area contributed by atoms with Crippen molar-refractivity contribution in [2.45, 2.75) is 221 Å². The minimum absolute atomic E-state index is 0.0715. The predicted octanol–water partition coefficient (Wildman–Crippen LogP) is -15.9. The van der Waals surface area contributed by atoms with E-state index < -0.39 is 261 Å². The smallest absolute Gasteiger partial charge is 0.187 e. The van der Waals surface area contributed by atoms with Crippen LogP contribution in [-0.2, 0) is 66.3 Å². The van der Waals surface area contributed by atoms with E-state index in [1.165, 1.54) is 0 Å². The van der Waals surface area contributed by atoms with Crippen LogP contribution in [0.1, 0.15) is 6.42 Å². The van der Waals surface area contributed by atoms with Gasteiger partial charge in [0.05, 0.1) is 52.9 Å². The molecule has 7 saturated heterocycles. The van der Waals surface area contributed by atoms with Crippen LogP contribution >= 0.6 is 0 Å². The summed E-state index contributed by atoms with van der Waals surface area (Å²) in [5.41, 5.74) is 5.64. The highest BCUT2D eigenvalue weighted by Crippen LogP contribution is 2.37. The molecule has 82 heavy (non-hydrogen) atoms. The lowest BCUT2D eigenvalue weighted by molar-refractivity contribution is -0.404. The van der Waals surface area contributed by atoms with E-state index in [9.17, 15) is 112 Å². The first kappa shape index (κ1) is 68.0. The molecule has 0 aliphatic carbocycles. The van der Waals surface area contributed by atoms with Gasteiger partial charge in [0, 0.05) is 0 Å². The molecule has 7 rings (SSSR count). The fraction of sp³-hybridized carbons (Fsp3) is 1.00. The van der Waals surface area contributed by atoms with Crippen LogP contribution in [0.2, 0.25) is 0 Å². The van der Waals surface area contributed by atoms with Crippen LogP contribution in [0.5, 0.6) is 0 Å². The topological polar surface area (TPSA) is 600 Å². The largest absolute Gasteiger partial charge is 0.394 e. The number of rotatable bonds is 23. The molecule has 0 aromatic rings. The summed E-state index contributed by atoms with van der Waals surface area (Å²) in [6, 6.07) is 0. The molecule has 7 heterocycles. The molecule has 0 spiro atoms. The second-order valence-corrected chi connectivity index (χ2v) is 20.6. The molecule has 0 radical (unpaired) electrons. The summed E-state index contributed by atoms with van der Waals surface area (Å²) in [5.74, 6) is 0. The van der Waals surface area contributed by atoms with Gasteiger partial charge in [-0.3, -0.25) is 0 Å². The molecule has 37 nitrogen and oxygen atoms in total. The molecule has 0 aromatic heterocycles. The van der Waals surface area contributed by atoms with Crippen molar-refractivity contribution >= 4 is 0 Å². The van der Waals surface area contributed by atoms with Crippen molar-refractivity contribution in [3.63, 3.8) is 0 Å². The third-order valence-electron chi connectivity index (χ3n) is 15.1. The monoisotopic (exact) mass is 1210 g/mol. The second kappa shape index (κ2) is 30.1. The Morgan fingerprint density at radius 1 is 0.256 bits per heavy atom. The Kier molecular flexibility index (Phi) is 25.0. The van der Waals surface area contributed by atoms with E-state index in [2.05, 4.69) is 0 Å². The van der Waals surface area contributed by atoms with E-state index in [-0.39, 0.29) is 19.6 Å². The fourth-order valence-electron chi connectivity index (χ4n) is 10.1. The first-order valence-electron chi connectivity index (χ1n) is 26.3. The summed E-state index contributed by atoms with van der Waals surface area (Å²) >= 11 is 0. The van der Waals surface area contributed by atoms with Crippen LogP contribution in [-0.4, -0.2) is 387 Å². The lowest BCUT2D eigenvalue weighted by Gasteiger charge is -2.50. The number of aliphatic hydroxyl groups excluding tert-OH is 22. The average Bonchev–Trinajstić information content (AvgIpc) is 3.67. The fourth-order valence-corrected chi connectivity index (χ4v) is 10.1. The third-order valence-corrected chi connectivity index (χ3v) is 15.1. The normalized spacial score (nSPS) is 51.5. The van der Waals surface area contributed by atoms with Gasteiger partial charge in [-0.25, -0.2) is 0 Å². The Labute approximate surface area is 464 Å². The quantitative estimate of drug-likeness (QED) is 0.0423. The molecular formula is C45H79NO36. The first-order valence-corrected chi connectivity index (χ1v) is 26.3. The van der Waals surface area contributed by atoms with Gasteiger partial charge in [-0.1, -0.05) is 0 Å². The molecule has 480 valence electrons. The Morgan fingerprint density at radius 2 is 0.537 bits per heavy atom. The molecule has 0 saturated carbocycles. The lowest BCUT2D eigenvalue weighted by Crippen LogP contribution is -2.68. The van der Waals surface area contributed by atoms with Crippen molar-refractivity contribution in [2.24, 2.45) is 5.73 Å². The van der Waals surface area contributed by atoms with Gasteiger partial charge < -0.3 is 184 Å². The molecule has 37 heteroatoms. The van der Waals surface area contributed by atoms with Gasteiger partial charge in [-0.05, 0) is 13.0 Å². The van der Waals surface area contributed by atoms with Crippen LogP contribution in [0.25, 0.3) is 0 Å². The molecular weight excluding hydrogens is 1130 g/mol. The Balaban J connectivity index is 1.08. The average molecular weight is 1210 g/mol. The highest BCUT2D eigenvalue weighted by atomic mass is 16.8. The first-order chi connectivity index (χ1) is 39.0. The predicted molar refractivity (Wildman–Crippen MR) is 249 cm³/mol. The van der Waals surface area contributed by atoms with Gasteiger partial charge in [-0.2, -0.15) is 0 Å². The Bertz CT molecular complexity index is 1890. The standard InChI is InChI=1S/C45H79NO36/c46-2-1-3-69-40-34(68)35(79-44-38(30(64)22(56)14(7-50)75-44)82-45-37(29(63)21(55)15(8-51)76-45)81-42-33(67)26(60)19(53)12(5-48)73-42)24(58)17(78-40)10-70-39-31(65)27(61)23(57)16(77-39)9-71-43-36(28(62)20(54)13(6-49)74-43)80-41-32(66)25(59)18(52)11(4-47)72-41/h11-45,47-68H,1-10,46H2/t11-,12-,13-,14-,15-,16-,17-,18-,19-,20-,21-,22-,23-,24-,25+,26+,27+,28+,29+,30+,31+,32+,33+,34+,35+,36+,37+,38+,39+,40-,41-,42-,43+,44-,45-/m1/s1. The van der Waals surface area contributed by atoms with E-state index in [0.29, 0.717) is 0 Å². The highest BCUT2D eigenvalue weighted by Gasteiger charge is 2.58. The SMILES string of the molecule is NCCCO[C@@H]1O[C@H](CO[C@H]2O[C@H](CO[C@H]3O[C@H](CO)[C@@H](O)[C@H](O)[C@@H]3O[C@H]3O[C@H](CO)[C@@H](O)[C@H](O)[C@@H]3O)[C@@H](O)[C@H](O)[C@@H]2O)[C@@H](O)[C@H](O[C@H]2O[C@H](CO)[C@@H](O)[C@H](O)[C@@H]2O[C@H]2O[C@H](CO)[C@@H](O)[C@H](O)[C@@H]2O[C@H]2O[C@H](CO)[C@@H](O)[C@H](O)[C@@H]2O)[C@@H]1O. The zero-order chi connectivity index (χ0) is 60.2. The highest BCUT2D eigenvalue weighted by molar-refractivity contribution is 5.00. The molecule has 35 atom stereocenters. The van der Waals surface area contributed by atoms with Crippen molar-refractivity contribution in [3.05, 3.63) is 0 Å². The van der Waals surface area contributed by atoms with E-state index in [0.717, 1.165) is 0 Å². The van der Waals surface area contributed by atoms with Gasteiger partial charge >= 0.3 is 0 Å². The van der Waals surface area contributed by atoms with E-state index >= 15 is 0 Å². The lowest BCUT2D eigenvalue weighted by atomic mass is 9.95. The van der Waals surface area contributed by atoms with Crippen molar-refractivity contribution < 1.29 is 179 Å². The maximum Gasteiger partial charge on any atom is 0.187 e. The molecule has 7 fully saturated rings. The number of nitrogens with two attached hydrogens (primary N) is 1. The van der Waals surface area contributed by atoms with Crippen molar-refractivity contribution in [1.29, 1.82) is 0 Å². The van der Waals surface area contributed by atoms with Gasteiger partial charge in [0.2, 0.25) is 0 Å². The van der Waals surface area contributed by atoms with E-state index in [4.69, 9.17) is 72.0 Å². The number of aliphatic hydroxyl groups is 22. The minimum atomic E-state index is -2.20. The number of hydrogen-bond acceptors (Lipinski definition) is 37. The zero-order valence-corrected chi connectivity index (χ0v) is 43.4. The second-order valence-electron chi connectivity index (χ2n) is 20.6. The molecule has 7 aliphatic rings. The summed E-state index contributed by atoms with van der Waals surface area (Å²) < 4.78 is 80.0. The van der Waals surface area contributed by atoms with Crippen molar-refractivity contribution in [2.75, 3.05) is 59.4 Å². The van der Waals surface area contributed by atoms with Crippen LogP contribution in [0.3, 0.4) is 0 Å². The number of ether oxygens (including phenoxy) is 14. The summed E-state index contributed by atoms with van der Waals surface area (Å²) in [5, 5.41) is 235. The molecule has 0 aromatic carbocycles. The van der Waals surface area contributed by atoms with Crippen LogP contribution < -0.4 is 5.73 Å². The van der Waals surface area contributed by atoms with Gasteiger partial charge in [0.15, 0.2) is 44.0 Å². The summed E-state index contributed by atoms with van der Waals surface area (Å²) in [4.78, 5) is 0. The molecule has 0 bridgehead atoms. The zero-order valence-electron chi connectivity index (χ0n) is 43.4. The maximum absolute atomic E-state index is 11.9. The van der Waals surface area contributed by atoms with Crippen LogP contribution in [0.15, 0.2) is 0 Å². The van der Waals surface area contributed by atoms with E-state index in [1.807, 2.05) is 0 Å². The third kappa shape index (κ3) is 14.6. The van der Waals surface area contributed by atoms with Gasteiger partial charge in [0.25, 0.3) is 0 Å². The Hall–Kier alpha value is -1.48. The van der Waals surface area contributed by atoms with Crippen molar-refractivity contribution in [3.8, 4) is 0 Å². The molecule has 0 amide bonds. The van der Waals surface area contributed by atoms with Crippen LogP contribution in [0, 0.1) is 0 Å².